The van der Waals surface area contributed by atoms with Crippen molar-refractivity contribution in [1.29, 1.82) is 0 Å². The number of fused-ring (bicyclic) bond motifs is 1. The Bertz CT molecular complexity index is 746. The van der Waals surface area contributed by atoms with Crippen LogP contribution in [0.2, 0.25) is 0 Å². The number of aliphatic hydroxyl groups excluding tert-OH is 1. The van der Waals surface area contributed by atoms with E-state index in [1.165, 1.54) is 12.8 Å². The van der Waals surface area contributed by atoms with Crippen LogP contribution in [-0.2, 0) is 0 Å². The van der Waals surface area contributed by atoms with Crippen molar-refractivity contribution in [3.63, 3.8) is 0 Å². The summed E-state index contributed by atoms with van der Waals surface area (Å²) >= 11 is 0. The molecule has 1 aliphatic heterocycles. The van der Waals surface area contributed by atoms with Gasteiger partial charge in [0.05, 0.1) is 12.0 Å². The van der Waals surface area contributed by atoms with Crippen LogP contribution in [-0.4, -0.2) is 46.5 Å². The molecule has 4 N–H and O–H groups in total. The van der Waals surface area contributed by atoms with Crippen LogP contribution in [0.15, 0.2) is 54.6 Å². The summed E-state index contributed by atoms with van der Waals surface area (Å²) in [7, 11) is 0. The predicted molar refractivity (Wildman–Crippen MR) is 101 cm³/mol. The Morgan fingerprint density at radius 1 is 1.04 bits per heavy atom. The van der Waals surface area contributed by atoms with Crippen LogP contribution in [0.4, 0.5) is 5.69 Å². The highest BCUT2D eigenvalue weighted by Crippen LogP contribution is 2.48. The van der Waals surface area contributed by atoms with Crippen molar-refractivity contribution in [2.24, 2.45) is 0 Å². The number of aliphatic hydroxyl groups is 3. The summed E-state index contributed by atoms with van der Waals surface area (Å²) in [5, 5.41) is 35.6. The molecule has 2 aliphatic rings. The van der Waals surface area contributed by atoms with Gasteiger partial charge in [-0.15, -0.1) is 0 Å². The number of hydrogen-bond acceptors (Lipinski definition) is 5. The Labute approximate surface area is 153 Å². The molecule has 2 unspecified atom stereocenters. The van der Waals surface area contributed by atoms with Crippen molar-refractivity contribution in [3.05, 3.63) is 65.7 Å². The van der Waals surface area contributed by atoms with E-state index in [0.29, 0.717) is 25.6 Å². The van der Waals surface area contributed by atoms with Gasteiger partial charge in [-0.1, -0.05) is 48.5 Å². The molecule has 0 amide bonds. The third-order valence-electron chi connectivity index (χ3n) is 5.36. The molecule has 0 aromatic heterocycles. The van der Waals surface area contributed by atoms with Crippen LogP contribution < -0.4 is 10.2 Å². The summed E-state index contributed by atoms with van der Waals surface area (Å²) in [6.45, 7) is 0.924. The molecule has 1 saturated carbocycles. The van der Waals surface area contributed by atoms with Crippen molar-refractivity contribution >= 4 is 5.69 Å². The fourth-order valence-corrected chi connectivity index (χ4v) is 3.82. The molecule has 2 aromatic carbocycles. The zero-order chi connectivity index (χ0) is 18.1. The van der Waals surface area contributed by atoms with Gasteiger partial charge in [-0.3, -0.25) is 0 Å². The lowest BCUT2D eigenvalue weighted by Crippen LogP contribution is -2.50. The summed E-state index contributed by atoms with van der Waals surface area (Å²) in [5.41, 5.74) is 2.58. The van der Waals surface area contributed by atoms with Crippen molar-refractivity contribution in [1.82, 2.24) is 5.32 Å². The number of benzene rings is 2. The SMILES string of the molecule is OC(CCN1c2ccccc2C(c2ccccc2)C1(O)O)CNC1CC1. The van der Waals surface area contributed by atoms with E-state index in [0.717, 1.165) is 16.8 Å². The molecule has 1 fully saturated rings. The van der Waals surface area contributed by atoms with E-state index in [-0.39, 0.29) is 0 Å². The molecule has 0 bridgehead atoms. The third-order valence-corrected chi connectivity index (χ3v) is 5.36. The van der Waals surface area contributed by atoms with Gasteiger partial charge in [-0.2, -0.15) is 0 Å². The second kappa shape index (κ2) is 7.00. The maximum atomic E-state index is 11.0. The van der Waals surface area contributed by atoms with Crippen molar-refractivity contribution in [2.75, 3.05) is 18.0 Å². The Morgan fingerprint density at radius 2 is 1.73 bits per heavy atom. The maximum Gasteiger partial charge on any atom is 0.258 e. The summed E-state index contributed by atoms with van der Waals surface area (Å²) in [6, 6.07) is 17.8. The summed E-state index contributed by atoms with van der Waals surface area (Å²) < 4.78 is 0. The number of anilines is 1. The molecule has 26 heavy (non-hydrogen) atoms. The summed E-state index contributed by atoms with van der Waals surface area (Å²) in [5.74, 6) is -2.56. The highest BCUT2D eigenvalue weighted by Gasteiger charge is 2.50. The molecule has 0 saturated heterocycles. The minimum atomic E-state index is -2.02. The largest absolute Gasteiger partial charge is 0.392 e. The second-order valence-electron chi connectivity index (χ2n) is 7.37. The van der Waals surface area contributed by atoms with Crippen LogP contribution >= 0.6 is 0 Å². The molecule has 138 valence electrons. The van der Waals surface area contributed by atoms with Crippen molar-refractivity contribution in [2.45, 2.75) is 43.2 Å². The van der Waals surface area contributed by atoms with E-state index in [1.807, 2.05) is 54.6 Å². The zero-order valence-electron chi connectivity index (χ0n) is 14.8. The maximum absolute atomic E-state index is 11.0. The molecule has 5 nitrogen and oxygen atoms in total. The van der Waals surface area contributed by atoms with Gasteiger partial charge in [0.15, 0.2) is 0 Å². The fraction of sp³-hybridized carbons (Fsp3) is 0.429. The number of nitrogens with zero attached hydrogens (tertiary/aromatic N) is 1. The Morgan fingerprint density at radius 3 is 2.46 bits per heavy atom. The van der Waals surface area contributed by atoms with E-state index in [4.69, 9.17) is 0 Å². The van der Waals surface area contributed by atoms with Crippen LogP contribution in [0.25, 0.3) is 0 Å². The van der Waals surface area contributed by atoms with Gasteiger partial charge in [0.1, 0.15) is 0 Å². The average Bonchev–Trinajstić information content (AvgIpc) is 3.43. The molecule has 4 rings (SSSR count). The fourth-order valence-electron chi connectivity index (χ4n) is 3.82. The number of rotatable bonds is 7. The first kappa shape index (κ1) is 17.5. The zero-order valence-corrected chi connectivity index (χ0v) is 14.8. The first-order valence-corrected chi connectivity index (χ1v) is 9.35. The smallest absolute Gasteiger partial charge is 0.258 e. The average molecular weight is 354 g/mol. The van der Waals surface area contributed by atoms with E-state index in [1.54, 1.807) is 4.90 Å². The van der Waals surface area contributed by atoms with Crippen LogP contribution in [0.5, 0.6) is 0 Å². The molecule has 5 heteroatoms. The normalized spacial score (nSPS) is 22.3. The molecule has 2 aromatic rings. The van der Waals surface area contributed by atoms with Crippen molar-refractivity contribution < 1.29 is 15.3 Å². The number of para-hydroxylation sites is 1. The topological polar surface area (TPSA) is 76.0 Å². The first-order chi connectivity index (χ1) is 12.6. The van der Waals surface area contributed by atoms with Crippen LogP contribution in [0.3, 0.4) is 0 Å². The van der Waals surface area contributed by atoms with Gasteiger partial charge < -0.3 is 25.5 Å². The molecule has 0 radical (unpaired) electrons. The molecular weight excluding hydrogens is 328 g/mol. The second-order valence-corrected chi connectivity index (χ2v) is 7.37. The van der Waals surface area contributed by atoms with Crippen LogP contribution in [0.1, 0.15) is 36.3 Å². The first-order valence-electron chi connectivity index (χ1n) is 9.35. The quantitative estimate of drug-likeness (QED) is 0.570. The monoisotopic (exact) mass is 354 g/mol. The molecule has 0 spiro atoms. The minimum absolute atomic E-state index is 0.376. The minimum Gasteiger partial charge on any atom is -0.392 e. The van der Waals surface area contributed by atoms with Gasteiger partial charge >= 0.3 is 0 Å². The lowest BCUT2D eigenvalue weighted by Gasteiger charge is -2.35. The summed E-state index contributed by atoms with van der Waals surface area (Å²) in [6.07, 6.45) is 2.33. The Kier molecular flexibility index (Phi) is 4.71. The highest BCUT2D eigenvalue weighted by atomic mass is 16.5. The van der Waals surface area contributed by atoms with Gasteiger partial charge in [-0.05, 0) is 36.5 Å². The molecule has 2 atom stereocenters. The Hall–Kier alpha value is -1.92. The van der Waals surface area contributed by atoms with Crippen molar-refractivity contribution in [3.8, 4) is 0 Å². The van der Waals surface area contributed by atoms with Gasteiger partial charge in [0.2, 0.25) is 0 Å². The van der Waals surface area contributed by atoms with E-state index in [9.17, 15) is 15.3 Å². The third kappa shape index (κ3) is 3.35. The molecular formula is C21H26N2O3. The number of nitrogens with one attached hydrogen (secondary N) is 1. The van der Waals surface area contributed by atoms with Crippen LogP contribution in [0, 0.1) is 0 Å². The molecule has 1 aliphatic carbocycles. The van der Waals surface area contributed by atoms with E-state index < -0.39 is 17.9 Å². The lowest BCUT2D eigenvalue weighted by atomic mass is 9.90. The van der Waals surface area contributed by atoms with E-state index >= 15 is 0 Å². The predicted octanol–water partition coefficient (Wildman–Crippen LogP) is 1.78. The van der Waals surface area contributed by atoms with Gasteiger partial charge in [-0.25, -0.2) is 0 Å². The molecule has 1 heterocycles. The van der Waals surface area contributed by atoms with Gasteiger partial charge in [0.25, 0.3) is 5.91 Å². The standard InChI is InChI=1S/C21H26N2O3/c24-17(14-22-16-10-11-16)12-13-23-19-9-5-4-8-18(19)20(21(23,25)26)15-6-2-1-3-7-15/h1-9,16-17,20,22,24-26H,10-14H2. The van der Waals surface area contributed by atoms with Gasteiger partial charge in [0, 0.05) is 24.8 Å². The lowest BCUT2D eigenvalue weighted by molar-refractivity contribution is -0.164. The summed E-state index contributed by atoms with van der Waals surface area (Å²) in [4.78, 5) is 1.61. The number of hydrogen-bond donors (Lipinski definition) is 4. The Balaban J connectivity index is 1.54. The highest BCUT2D eigenvalue weighted by molar-refractivity contribution is 5.65. The van der Waals surface area contributed by atoms with E-state index in [2.05, 4.69) is 5.32 Å².